The van der Waals surface area contributed by atoms with Gasteiger partial charge in [-0.1, -0.05) is 29.5 Å². The maximum atomic E-state index is 13.1. The number of para-hydroxylation sites is 1. The Morgan fingerprint density at radius 2 is 1.81 bits per heavy atom. The first kappa shape index (κ1) is 16.5. The highest BCUT2D eigenvalue weighted by Crippen LogP contribution is 2.29. The van der Waals surface area contributed by atoms with Gasteiger partial charge in [0.15, 0.2) is 4.96 Å². The SMILES string of the molecule is Cc1c(C(=O)N(C)c2ccccc2)sc2nc(-c3ccc(F)cc3)cn12. The number of benzene rings is 2. The lowest BCUT2D eigenvalue weighted by molar-refractivity contribution is 0.0996. The number of hydrogen-bond donors (Lipinski definition) is 0. The molecule has 0 spiro atoms. The van der Waals surface area contributed by atoms with Crippen LogP contribution in [0.3, 0.4) is 0 Å². The standard InChI is InChI=1S/C20H16FN3OS/c1-13-18(19(25)23(2)16-6-4-3-5-7-16)26-20-22-17(12-24(13)20)14-8-10-15(21)11-9-14/h3-12H,1-2H3. The van der Waals surface area contributed by atoms with Crippen molar-refractivity contribution in [3.05, 3.63) is 77.2 Å². The van der Waals surface area contributed by atoms with Crippen molar-refractivity contribution in [3.63, 3.8) is 0 Å². The smallest absolute Gasteiger partial charge is 0.270 e. The Kier molecular flexibility index (Phi) is 4.05. The van der Waals surface area contributed by atoms with Gasteiger partial charge in [0.1, 0.15) is 10.7 Å². The van der Waals surface area contributed by atoms with E-state index >= 15 is 0 Å². The lowest BCUT2D eigenvalue weighted by atomic mass is 10.2. The fraction of sp³-hybridized carbons (Fsp3) is 0.100. The molecule has 0 aliphatic rings. The van der Waals surface area contributed by atoms with Crippen molar-refractivity contribution < 1.29 is 9.18 Å². The molecule has 1 amide bonds. The highest BCUT2D eigenvalue weighted by molar-refractivity contribution is 7.19. The lowest BCUT2D eigenvalue weighted by Gasteiger charge is -2.16. The minimum Gasteiger partial charge on any atom is -0.311 e. The molecule has 130 valence electrons. The fourth-order valence-electron chi connectivity index (χ4n) is 2.83. The molecule has 0 saturated carbocycles. The second-order valence-electron chi connectivity index (χ2n) is 6.00. The van der Waals surface area contributed by atoms with E-state index < -0.39 is 0 Å². The molecule has 0 aliphatic heterocycles. The number of carbonyl (C=O) groups excluding carboxylic acids is 1. The van der Waals surface area contributed by atoms with Crippen LogP contribution in [0, 0.1) is 12.7 Å². The van der Waals surface area contributed by atoms with Crippen LogP contribution in [0.5, 0.6) is 0 Å². The molecule has 0 unspecified atom stereocenters. The van der Waals surface area contributed by atoms with Gasteiger partial charge in [-0.3, -0.25) is 9.20 Å². The Labute approximate surface area is 154 Å². The Balaban J connectivity index is 1.69. The number of thiazole rings is 1. The number of anilines is 1. The lowest BCUT2D eigenvalue weighted by Crippen LogP contribution is -2.26. The van der Waals surface area contributed by atoms with Crippen LogP contribution in [0.25, 0.3) is 16.2 Å². The summed E-state index contributed by atoms with van der Waals surface area (Å²) in [5, 5.41) is 0. The highest BCUT2D eigenvalue weighted by atomic mass is 32.1. The van der Waals surface area contributed by atoms with Crippen molar-refractivity contribution in [1.82, 2.24) is 9.38 Å². The Morgan fingerprint density at radius 3 is 2.46 bits per heavy atom. The molecule has 6 heteroatoms. The minimum absolute atomic E-state index is 0.0625. The Bertz CT molecular complexity index is 1080. The second-order valence-corrected chi connectivity index (χ2v) is 6.98. The van der Waals surface area contributed by atoms with E-state index in [4.69, 9.17) is 0 Å². The first-order valence-electron chi connectivity index (χ1n) is 8.12. The number of fused-ring (bicyclic) bond motifs is 1. The van der Waals surface area contributed by atoms with E-state index in [1.54, 1.807) is 24.1 Å². The molecule has 26 heavy (non-hydrogen) atoms. The number of imidazole rings is 1. The van der Waals surface area contributed by atoms with Crippen molar-refractivity contribution in [2.75, 3.05) is 11.9 Å². The van der Waals surface area contributed by atoms with Crippen LogP contribution < -0.4 is 4.90 Å². The van der Waals surface area contributed by atoms with Gasteiger partial charge in [-0.05, 0) is 43.3 Å². The van der Waals surface area contributed by atoms with Gasteiger partial charge in [0, 0.05) is 30.2 Å². The summed E-state index contributed by atoms with van der Waals surface area (Å²) in [5.74, 6) is -0.338. The number of amides is 1. The first-order valence-corrected chi connectivity index (χ1v) is 8.94. The third-order valence-corrected chi connectivity index (χ3v) is 5.48. The van der Waals surface area contributed by atoms with Crippen molar-refractivity contribution in [1.29, 1.82) is 0 Å². The van der Waals surface area contributed by atoms with Gasteiger partial charge in [-0.25, -0.2) is 9.37 Å². The molecule has 0 saturated heterocycles. The quantitative estimate of drug-likeness (QED) is 0.524. The normalized spacial score (nSPS) is 11.0. The molecule has 2 aromatic heterocycles. The second kappa shape index (κ2) is 6.38. The summed E-state index contributed by atoms with van der Waals surface area (Å²) in [4.78, 5) is 20.5. The molecule has 2 aromatic carbocycles. The molecule has 0 atom stereocenters. The number of hydrogen-bond acceptors (Lipinski definition) is 3. The molecule has 4 rings (SSSR count). The van der Waals surface area contributed by atoms with Crippen LogP contribution in [0.15, 0.2) is 60.8 Å². The zero-order valence-corrected chi connectivity index (χ0v) is 15.1. The fourth-order valence-corrected chi connectivity index (χ4v) is 3.91. The van der Waals surface area contributed by atoms with Gasteiger partial charge < -0.3 is 4.90 Å². The number of rotatable bonds is 3. The number of nitrogens with zero attached hydrogens (tertiary/aromatic N) is 3. The Morgan fingerprint density at radius 1 is 1.12 bits per heavy atom. The van der Waals surface area contributed by atoms with E-state index in [9.17, 15) is 9.18 Å². The Hall–Kier alpha value is -2.99. The van der Waals surface area contributed by atoms with Crippen molar-refractivity contribution in [2.24, 2.45) is 0 Å². The third kappa shape index (κ3) is 2.78. The molecule has 2 heterocycles. The highest BCUT2D eigenvalue weighted by Gasteiger charge is 2.21. The average Bonchev–Trinajstić information content (AvgIpc) is 3.21. The van der Waals surface area contributed by atoms with Crippen molar-refractivity contribution in [2.45, 2.75) is 6.92 Å². The summed E-state index contributed by atoms with van der Waals surface area (Å²) in [6, 6.07) is 15.8. The largest absolute Gasteiger partial charge is 0.311 e. The van der Waals surface area contributed by atoms with Gasteiger partial charge >= 0.3 is 0 Å². The van der Waals surface area contributed by atoms with Crippen molar-refractivity contribution in [3.8, 4) is 11.3 Å². The van der Waals surface area contributed by atoms with Crippen LogP contribution >= 0.6 is 11.3 Å². The zero-order chi connectivity index (χ0) is 18.3. The third-order valence-electron chi connectivity index (χ3n) is 4.34. The number of aryl methyl sites for hydroxylation is 1. The van der Waals surface area contributed by atoms with E-state index in [0.717, 1.165) is 27.6 Å². The summed E-state index contributed by atoms with van der Waals surface area (Å²) in [7, 11) is 1.77. The van der Waals surface area contributed by atoms with Gasteiger partial charge in [-0.2, -0.15) is 0 Å². The van der Waals surface area contributed by atoms with Crippen LogP contribution in [0.4, 0.5) is 10.1 Å². The van der Waals surface area contributed by atoms with Gasteiger partial charge in [-0.15, -0.1) is 0 Å². The molecule has 0 radical (unpaired) electrons. The topological polar surface area (TPSA) is 37.6 Å². The van der Waals surface area contributed by atoms with Gasteiger partial charge in [0.2, 0.25) is 0 Å². The molecule has 4 aromatic rings. The maximum absolute atomic E-state index is 13.1. The summed E-state index contributed by atoms with van der Waals surface area (Å²) >= 11 is 1.36. The number of halogens is 1. The predicted molar refractivity (Wildman–Crippen MR) is 102 cm³/mol. The van der Waals surface area contributed by atoms with Gasteiger partial charge in [0.25, 0.3) is 5.91 Å². The molecule has 0 N–H and O–H groups in total. The summed E-state index contributed by atoms with van der Waals surface area (Å²) in [5.41, 5.74) is 3.29. The summed E-state index contributed by atoms with van der Waals surface area (Å²) in [6.07, 6.45) is 1.88. The number of carbonyl (C=O) groups is 1. The van der Waals surface area contributed by atoms with E-state index in [2.05, 4.69) is 4.98 Å². The summed E-state index contributed by atoms with van der Waals surface area (Å²) < 4.78 is 15.0. The molecule has 0 aliphatic carbocycles. The monoisotopic (exact) mass is 365 g/mol. The molecule has 4 nitrogen and oxygen atoms in total. The molecular formula is C20H16FN3OS. The average molecular weight is 365 g/mol. The zero-order valence-electron chi connectivity index (χ0n) is 14.3. The summed E-state index contributed by atoms with van der Waals surface area (Å²) in [6.45, 7) is 1.91. The van der Waals surface area contributed by atoms with E-state index in [-0.39, 0.29) is 11.7 Å². The van der Waals surface area contributed by atoms with Crippen LogP contribution in [-0.4, -0.2) is 22.3 Å². The van der Waals surface area contributed by atoms with Crippen molar-refractivity contribution >= 4 is 27.9 Å². The van der Waals surface area contributed by atoms with E-state index in [1.165, 1.54) is 23.5 Å². The maximum Gasteiger partial charge on any atom is 0.270 e. The van der Waals surface area contributed by atoms with Gasteiger partial charge in [0.05, 0.1) is 5.69 Å². The van der Waals surface area contributed by atoms with Crippen LogP contribution in [0.1, 0.15) is 15.4 Å². The van der Waals surface area contributed by atoms with E-state index in [0.29, 0.717) is 4.88 Å². The first-order chi connectivity index (χ1) is 12.5. The predicted octanol–water partition coefficient (Wildman–Crippen LogP) is 4.79. The van der Waals surface area contributed by atoms with Crippen LogP contribution in [0.2, 0.25) is 0 Å². The minimum atomic E-state index is -0.275. The molecular weight excluding hydrogens is 349 g/mol. The molecule has 0 bridgehead atoms. The molecule has 0 fully saturated rings. The van der Waals surface area contributed by atoms with E-state index in [1.807, 2.05) is 47.9 Å². The number of aromatic nitrogens is 2. The van der Waals surface area contributed by atoms with Crippen LogP contribution in [-0.2, 0) is 0 Å².